The molecular weight excluding hydrogens is 325 g/mol. The fourth-order valence-corrected chi connectivity index (χ4v) is 3.38. The molecule has 2 heterocycles. The van der Waals surface area contributed by atoms with Gasteiger partial charge in [0, 0.05) is 28.5 Å². The second-order valence-electron chi connectivity index (χ2n) is 4.88. The number of rotatable bonds is 4. The summed E-state index contributed by atoms with van der Waals surface area (Å²) < 4.78 is 13.7. The average molecular weight is 338 g/mol. The average Bonchev–Trinajstić information content (AvgIpc) is 3.02. The van der Waals surface area contributed by atoms with Gasteiger partial charge in [0.15, 0.2) is 4.47 Å². The van der Waals surface area contributed by atoms with Crippen molar-refractivity contribution in [3.63, 3.8) is 0 Å². The van der Waals surface area contributed by atoms with Crippen molar-refractivity contribution < 1.29 is 9.18 Å². The van der Waals surface area contributed by atoms with E-state index >= 15 is 0 Å². The minimum absolute atomic E-state index is 0.244. The highest BCUT2D eigenvalue weighted by molar-refractivity contribution is 7.15. The molecule has 0 radical (unpaired) electrons. The van der Waals surface area contributed by atoms with Crippen LogP contribution in [-0.2, 0) is 6.42 Å². The normalized spacial score (nSPS) is 11.0. The van der Waals surface area contributed by atoms with Crippen LogP contribution in [0.25, 0.3) is 10.9 Å². The molecule has 0 bridgehead atoms. The van der Waals surface area contributed by atoms with Crippen LogP contribution in [0.4, 0.5) is 4.39 Å². The van der Waals surface area contributed by atoms with E-state index in [2.05, 4.69) is 15.3 Å². The van der Waals surface area contributed by atoms with Crippen molar-refractivity contribution in [2.75, 3.05) is 6.54 Å². The number of aromatic amines is 1. The van der Waals surface area contributed by atoms with Crippen LogP contribution in [-0.4, -0.2) is 22.4 Å². The van der Waals surface area contributed by atoms with Crippen LogP contribution in [0, 0.1) is 12.7 Å². The minimum Gasteiger partial charge on any atom is -0.361 e. The molecule has 114 valence electrons. The second kappa shape index (κ2) is 6.06. The Balaban J connectivity index is 1.66. The van der Waals surface area contributed by atoms with Gasteiger partial charge in [-0.3, -0.25) is 4.79 Å². The van der Waals surface area contributed by atoms with E-state index in [1.165, 1.54) is 23.5 Å². The zero-order valence-corrected chi connectivity index (χ0v) is 13.3. The van der Waals surface area contributed by atoms with Crippen molar-refractivity contribution in [3.05, 3.63) is 50.8 Å². The molecule has 0 aliphatic heterocycles. The molecule has 3 aromatic rings. The number of thiazole rings is 1. The molecule has 1 amide bonds. The van der Waals surface area contributed by atoms with Crippen molar-refractivity contribution >= 4 is 39.7 Å². The summed E-state index contributed by atoms with van der Waals surface area (Å²) in [4.78, 5) is 19.9. The second-order valence-corrected chi connectivity index (χ2v) is 6.67. The lowest BCUT2D eigenvalue weighted by Crippen LogP contribution is -2.26. The van der Waals surface area contributed by atoms with Crippen molar-refractivity contribution in [1.82, 2.24) is 15.3 Å². The van der Waals surface area contributed by atoms with Gasteiger partial charge in [-0.15, -0.1) is 11.3 Å². The van der Waals surface area contributed by atoms with Crippen molar-refractivity contribution in [2.24, 2.45) is 0 Å². The molecule has 3 rings (SSSR count). The number of hydrogen-bond donors (Lipinski definition) is 2. The van der Waals surface area contributed by atoms with Crippen LogP contribution in [0.2, 0.25) is 4.47 Å². The standard InChI is InChI=1S/C15H13ClFN3OS/c1-8-13(20-15(16)22-8)14(21)18-5-4-9-7-19-12-3-2-10(17)6-11(9)12/h2-3,6-7,19H,4-5H2,1H3,(H,18,21). The smallest absolute Gasteiger partial charge is 0.271 e. The first-order chi connectivity index (χ1) is 10.5. The van der Waals surface area contributed by atoms with E-state index < -0.39 is 0 Å². The van der Waals surface area contributed by atoms with Gasteiger partial charge in [0.1, 0.15) is 11.5 Å². The number of carbonyl (C=O) groups is 1. The van der Waals surface area contributed by atoms with Crippen LogP contribution in [0.5, 0.6) is 0 Å². The molecule has 0 aliphatic rings. The Hall–Kier alpha value is -1.92. The van der Waals surface area contributed by atoms with Gasteiger partial charge in [-0.2, -0.15) is 0 Å². The van der Waals surface area contributed by atoms with Gasteiger partial charge in [-0.05, 0) is 37.1 Å². The molecule has 7 heteroatoms. The highest BCUT2D eigenvalue weighted by atomic mass is 35.5. The molecule has 2 N–H and O–H groups in total. The van der Waals surface area contributed by atoms with Crippen LogP contribution in [0.3, 0.4) is 0 Å². The number of nitrogens with zero attached hydrogens (tertiary/aromatic N) is 1. The Labute approximate surface area is 135 Å². The number of fused-ring (bicyclic) bond motifs is 1. The zero-order valence-electron chi connectivity index (χ0n) is 11.7. The molecule has 0 spiro atoms. The van der Waals surface area contributed by atoms with E-state index in [1.54, 1.807) is 13.0 Å². The van der Waals surface area contributed by atoms with E-state index in [1.807, 2.05) is 6.20 Å². The van der Waals surface area contributed by atoms with Crippen LogP contribution < -0.4 is 5.32 Å². The number of benzene rings is 1. The Morgan fingerprint density at radius 1 is 1.50 bits per heavy atom. The Morgan fingerprint density at radius 2 is 2.32 bits per heavy atom. The van der Waals surface area contributed by atoms with Gasteiger partial charge >= 0.3 is 0 Å². The summed E-state index contributed by atoms with van der Waals surface area (Å²) >= 11 is 7.07. The van der Waals surface area contributed by atoms with Gasteiger partial charge in [0.25, 0.3) is 5.91 Å². The lowest BCUT2D eigenvalue weighted by Gasteiger charge is -2.03. The maximum Gasteiger partial charge on any atom is 0.271 e. The molecule has 2 aromatic heterocycles. The third-order valence-electron chi connectivity index (χ3n) is 3.39. The maximum atomic E-state index is 13.3. The third-order valence-corrected chi connectivity index (χ3v) is 4.47. The van der Waals surface area contributed by atoms with Gasteiger partial charge in [-0.1, -0.05) is 11.6 Å². The molecule has 0 unspecified atom stereocenters. The molecule has 0 aliphatic carbocycles. The lowest BCUT2D eigenvalue weighted by molar-refractivity contribution is 0.0949. The topological polar surface area (TPSA) is 57.8 Å². The predicted molar refractivity (Wildman–Crippen MR) is 86.2 cm³/mol. The molecule has 0 atom stereocenters. The summed E-state index contributed by atoms with van der Waals surface area (Å²) in [6, 6.07) is 4.61. The number of aromatic nitrogens is 2. The van der Waals surface area contributed by atoms with E-state index in [4.69, 9.17) is 11.6 Å². The first-order valence-corrected chi connectivity index (χ1v) is 7.90. The Morgan fingerprint density at radius 3 is 3.05 bits per heavy atom. The number of hydrogen-bond acceptors (Lipinski definition) is 3. The number of nitrogens with one attached hydrogen (secondary N) is 2. The molecular formula is C15H13ClFN3OS. The highest BCUT2D eigenvalue weighted by Gasteiger charge is 2.14. The molecule has 1 aromatic carbocycles. The number of amides is 1. The Bertz CT molecular complexity index is 843. The Kier molecular flexibility index (Phi) is 4.13. The summed E-state index contributed by atoms with van der Waals surface area (Å²) in [6.45, 7) is 2.25. The SMILES string of the molecule is Cc1sc(Cl)nc1C(=O)NCCc1c[nH]c2ccc(F)cc12. The molecule has 0 saturated carbocycles. The first-order valence-electron chi connectivity index (χ1n) is 6.71. The fourth-order valence-electron chi connectivity index (χ4n) is 2.33. The zero-order chi connectivity index (χ0) is 15.7. The largest absolute Gasteiger partial charge is 0.361 e. The van der Waals surface area contributed by atoms with E-state index in [0.29, 0.717) is 23.1 Å². The summed E-state index contributed by atoms with van der Waals surface area (Å²) in [6.07, 6.45) is 2.44. The summed E-state index contributed by atoms with van der Waals surface area (Å²) in [5.74, 6) is -0.517. The van der Waals surface area contributed by atoms with Crippen LogP contribution in [0.15, 0.2) is 24.4 Å². The quantitative estimate of drug-likeness (QED) is 0.762. The fraction of sp³-hybridized carbons (Fsp3) is 0.200. The number of carbonyl (C=O) groups excluding carboxylic acids is 1. The van der Waals surface area contributed by atoms with Gasteiger partial charge in [-0.25, -0.2) is 9.37 Å². The van der Waals surface area contributed by atoms with Gasteiger partial charge in [0.2, 0.25) is 0 Å². The van der Waals surface area contributed by atoms with E-state index in [-0.39, 0.29) is 11.7 Å². The minimum atomic E-state index is -0.273. The number of halogens is 2. The number of aryl methyl sites for hydroxylation is 1. The summed E-state index contributed by atoms with van der Waals surface area (Å²) in [7, 11) is 0. The first kappa shape index (κ1) is 15.0. The molecule has 0 saturated heterocycles. The predicted octanol–water partition coefficient (Wildman–Crippen LogP) is 3.70. The van der Waals surface area contributed by atoms with Crippen LogP contribution >= 0.6 is 22.9 Å². The monoisotopic (exact) mass is 337 g/mol. The lowest BCUT2D eigenvalue weighted by atomic mass is 10.1. The third kappa shape index (κ3) is 2.98. The number of H-pyrrole nitrogens is 1. The van der Waals surface area contributed by atoms with Gasteiger partial charge < -0.3 is 10.3 Å². The van der Waals surface area contributed by atoms with Gasteiger partial charge in [0.05, 0.1) is 0 Å². The summed E-state index contributed by atoms with van der Waals surface area (Å²) in [5, 5.41) is 3.64. The summed E-state index contributed by atoms with van der Waals surface area (Å²) in [5.41, 5.74) is 2.20. The molecule has 22 heavy (non-hydrogen) atoms. The van der Waals surface area contributed by atoms with Crippen molar-refractivity contribution in [1.29, 1.82) is 0 Å². The van der Waals surface area contributed by atoms with Crippen molar-refractivity contribution in [2.45, 2.75) is 13.3 Å². The van der Waals surface area contributed by atoms with Crippen molar-refractivity contribution in [3.8, 4) is 0 Å². The highest BCUT2D eigenvalue weighted by Crippen LogP contribution is 2.22. The van der Waals surface area contributed by atoms with Crippen LogP contribution in [0.1, 0.15) is 20.9 Å². The molecule has 0 fully saturated rings. The van der Waals surface area contributed by atoms with E-state index in [9.17, 15) is 9.18 Å². The maximum absolute atomic E-state index is 13.3. The molecule has 4 nitrogen and oxygen atoms in total. The van der Waals surface area contributed by atoms with E-state index in [0.717, 1.165) is 21.3 Å².